The fourth-order valence-corrected chi connectivity index (χ4v) is 1.46. The first kappa shape index (κ1) is 14.1. The summed E-state index contributed by atoms with van der Waals surface area (Å²) in [6, 6.07) is 4.47. The Hall–Kier alpha value is -0.970. The topological polar surface area (TPSA) is 67.1 Å². The minimum atomic E-state index is -0.349. The SMILES string of the molecule is CCC(N)CNC(=O)Nc1cc(Cl)ccc1Cl. The summed E-state index contributed by atoms with van der Waals surface area (Å²) in [5, 5.41) is 6.20. The molecule has 2 amide bonds. The van der Waals surface area contributed by atoms with Crippen molar-refractivity contribution >= 4 is 34.9 Å². The highest BCUT2D eigenvalue weighted by molar-refractivity contribution is 6.35. The largest absolute Gasteiger partial charge is 0.336 e. The quantitative estimate of drug-likeness (QED) is 0.791. The first-order chi connectivity index (χ1) is 8.02. The molecule has 0 aromatic heterocycles. The van der Waals surface area contributed by atoms with Crippen LogP contribution >= 0.6 is 23.2 Å². The van der Waals surface area contributed by atoms with Gasteiger partial charge >= 0.3 is 6.03 Å². The van der Waals surface area contributed by atoms with Gasteiger partial charge in [-0.05, 0) is 24.6 Å². The maximum atomic E-state index is 11.5. The number of benzene rings is 1. The van der Waals surface area contributed by atoms with E-state index in [2.05, 4.69) is 10.6 Å². The molecule has 1 atom stereocenters. The van der Waals surface area contributed by atoms with E-state index in [1.807, 2.05) is 6.92 Å². The summed E-state index contributed by atoms with van der Waals surface area (Å²) in [5.41, 5.74) is 6.15. The Bertz CT molecular complexity index is 398. The van der Waals surface area contributed by atoms with Crippen LogP contribution in [0.3, 0.4) is 0 Å². The van der Waals surface area contributed by atoms with Gasteiger partial charge in [-0.15, -0.1) is 0 Å². The summed E-state index contributed by atoms with van der Waals surface area (Å²) in [7, 11) is 0. The lowest BCUT2D eigenvalue weighted by Crippen LogP contribution is -2.38. The number of carbonyl (C=O) groups is 1. The highest BCUT2D eigenvalue weighted by atomic mass is 35.5. The lowest BCUT2D eigenvalue weighted by Gasteiger charge is -2.12. The second kappa shape index (κ2) is 6.69. The van der Waals surface area contributed by atoms with E-state index in [9.17, 15) is 4.79 Å². The maximum Gasteiger partial charge on any atom is 0.319 e. The predicted octanol–water partition coefficient (Wildman–Crippen LogP) is 2.85. The van der Waals surface area contributed by atoms with E-state index in [1.165, 1.54) is 0 Å². The maximum absolute atomic E-state index is 11.5. The van der Waals surface area contributed by atoms with E-state index in [0.717, 1.165) is 6.42 Å². The normalized spacial score (nSPS) is 12.0. The number of nitrogens with two attached hydrogens (primary N) is 1. The fourth-order valence-electron chi connectivity index (χ4n) is 1.13. The number of rotatable bonds is 4. The van der Waals surface area contributed by atoms with Crippen molar-refractivity contribution in [3.8, 4) is 0 Å². The minimum Gasteiger partial charge on any atom is -0.336 e. The summed E-state index contributed by atoms with van der Waals surface area (Å²) >= 11 is 11.7. The van der Waals surface area contributed by atoms with Crippen LogP contribution in [0.1, 0.15) is 13.3 Å². The van der Waals surface area contributed by atoms with Crippen LogP contribution in [0.2, 0.25) is 10.0 Å². The van der Waals surface area contributed by atoms with Crippen molar-refractivity contribution in [2.24, 2.45) is 5.73 Å². The molecule has 0 aliphatic carbocycles. The molecular formula is C11H15Cl2N3O. The first-order valence-electron chi connectivity index (χ1n) is 5.28. The summed E-state index contributed by atoms with van der Waals surface area (Å²) in [6.45, 7) is 2.37. The van der Waals surface area contributed by atoms with Crippen LogP contribution in [0.4, 0.5) is 10.5 Å². The Kier molecular flexibility index (Phi) is 5.55. The molecule has 0 saturated heterocycles. The molecule has 0 saturated carbocycles. The van der Waals surface area contributed by atoms with Crippen molar-refractivity contribution in [3.05, 3.63) is 28.2 Å². The standard InChI is InChI=1S/C11H15Cl2N3O/c1-2-8(14)6-15-11(17)16-10-5-7(12)3-4-9(10)13/h3-5,8H,2,6,14H2,1H3,(H2,15,16,17). The van der Waals surface area contributed by atoms with Gasteiger partial charge in [0.2, 0.25) is 0 Å². The minimum absolute atomic E-state index is 0.0458. The molecule has 1 aromatic rings. The van der Waals surface area contributed by atoms with Gasteiger partial charge in [0.25, 0.3) is 0 Å². The molecule has 0 radical (unpaired) electrons. The molecule has 6 heteroatoms. The third-order valence-electron chi connectivity index (χ3n) is 2.23. The Balaban J connectivity index is 2.53. The molecular weight excluding hydrogens is 261 g/mol. The number of amides is 2. The molecule has 1 unspecified atom stereocenters. The zero-order chi connectivity index (χ0) is 12.8. The van der Waals surface area contributed by atoms with Crippen LogP contribution in [0.15, 0.2) is 18.2 Å². The van der Waals surface area contributed by atoms with Crippen LogP contribution in [0.25, 0.3) is 0 Å². The molecule has 4 N–H and O–H groups in total. The average molecular weight is 276 g/mol. The molecule has 4 nitrogen and oxygen atoms in total. The first-order valence-corrected chi connectivity index (χ1v) is 6.04. The zero-order valence-electron chi connectivity index (χ0n) is 9.47. The van der Waals surface area contributed by atoms with E-state index in [4.69, 9.17) is 28.9 Å². The number of hydrogen-bond donors (Lipinski definition) is 3. The number of urea groups is 1. The van der Waals surface area contributed by atoms with Crippen molar-refractivity contribution in [1.29, 1.82) is 0 Å². The van der Waals surface area contributed by atoms with Gasteiger partial charge in [0.15, 0.2) is 0 Å². The molecule has 94 valence electrons. The van der Waals surface area contributed by atoms with Crippen molar-refractivity contribution in [2.75, 3.05) is 11.9 Å². The molecule has 0 heterocycles. The number of carbonyl (C=O) groups excluding carboxylic acids is 1. The van der Waals surface area contributed by atoms with E-state index in [0.29, 0.717) is 22.3 Å². The number of anilines is 1. The van der Waals surface area contributed by atoms with Crippen molar-refractivity contribution in [3.63, 3.8) is 0 Å². The van der Waals surface area contributed by atoms with Crippen LogP contribution < -0.4 is 16.4 Å². The molecule has 0 aliphatic heterocycles. The van der Waals surface area contributed by atoms with Gasteiger partial charge in [-0.1, -0.05) is 30.1 Å². The molecule has 0 fully saturated rings. The van der Waals surface area contributed by atoms with Gasteiger partial charge in [-0.25, -0.2) is 4.79 Å². The van der Waals surface area contributed by atoms with Gasteiger partial charge in [-0.3, -0.25) is 0 Å². The van der Waals surface area contributed by atoms with Crippen molar-refractivity contribution in [1.82, 2.24) is 5.32 Å². The van der Waals surface area contributed by atoms with Crippen molar-refractivity contribution in [2.45, 2.75) is 19.4 Å². The summed E-state index contributed by atoms with van der Waals surface area (Å²) in [4.78, 5) is 11.5. The van der Waals surface area contributed by atoms with Crippen LogP contribution in [0.5, 0.6) is 0 Å². The van der Waals surface area contributed by atoms with Gasteiger partial charge < -0.3 is 16.4 Å². The average Bonchev–Trinajstić information content (AvgIpc) is 2.30. The third-order valence-corrected chi connectivity index (χ3v) is 2.79. The van der Waals surface area contributed by atoms with Crippen molar-refractivity contribution < 1.29 is 4.79 Å². The second-order valence-corrected chi connectivity index (χ2v) is 4.47. The summed E-state index contributed by atoms with van der Waals surface area (Å²) in [5.74, 6) is 0. The molecule has 0 spiro atoms. The predicted molar refractivity (Wildman–Crippen MR) is 71.7 cm³/mol. The molecule has 17 heavy (non-hydrogen) atoms. The Morgan fingerprint density at radius 1 is 1.47 bits per heavy atom. The Morgan fingerprint density at radius 3 is 2.82 bits per heavy atom. The molecule has 0 bridgehead atoms. The van der Waals surface area contributed by atoms with Crippen LogP contribution in [0, 0.1) is 0 Å². The van der Waals surface area contributed by atoms with E-state index < -0.39 is 0 Å². The van der Waals surface area contributed by atoms with Gasteiger partial charge in [0.1, 0.15) is 0 Å². The fraction of sp³-hybridized carbons (Fsp3) is 0.364. The third kappa shape index (κ3) is 4.81. The highest BCUT2D eigenvalue weighted by Crippen LogP contribution is 2.25. The van der Waals surface area contributed by atoms with E-state index >= 15 is 0 Å². The van der Waals surface area contributed by atoms with Crippen LogP contribution in [-0.4, -0.2) is 18.6 Å². The monoisotopic (exact) mass is 275 g/mol. The lowest BCUT2D eigenvalue weighted by molar-refractivity contribution is 0.251. The number of nitrogens with one attached hydrogen (secondary N) is 2. The molecule has 1 rings (SSSR count). The molecule has 0 aliphatic rings. The lowest BCUT2D eigenvalue weighted by atomic mass is 10.2. The summed E-state index contributed by atoms with van der Waals surface area (Å²) in [6.07, 6.45) is 0.804. The zero-order valence-corrected chi connectivity index (χ0v) is 11.0. The smallest absolute Gasteiger partial charge is 0.319 e. The van der Waals surface area contributed by atoms with Crippen LogP contribution in [-0.2, 0) is 0 Å². The van der Waals surface area contributed by atoms with E-state index in [-0.39, 0.29) is 12.1 Å². The van der Waals surface area contributed by atoms with Gasteiger partial charge in [-0.2, -0.15) is 0 Å². The second-order valence-electron chi connectivity index (χ2n) is 3.63. The van der Waals surface area contributed by atoms with Gasteiger partial charge in [0.05, 0.1) is 10.7 Å². The highest BCUT2D eigenvalue weighted by Gasteiger charge is 2.07. The Morgan fingerprint density at radius 2 is 2.18 bits per heavy atom. The van der Waals surface area contributed by atoms with E-state index in [1.54, 1.807) is 18.2 Å². The number of hydrogen-bond acceptors (Lipinski definition) is 2. The Labute approximate surface area is 110 Å². The number of halogens is 2. The summed E-state index contributed by atoms with van der Waals surface area (Å²) < 4.78 is 0. The molecule has 1 aromatic carbocycles. The van der Waals surface area contributed by atoms with Gasteiger partial charge in [0, 0.05) is 17.6 Å².